The van der Waals surface area contributed by atoms with Crippen molar-refractivity contribution in [3.63, 3.8) is 0 Å². The molecule has 0 amide bonds. The van der Waals surface area contributed by atoms with Gasteiger partial charge >= 0.3 is 11.9 Å². The summed E-state index contributed by atoms with van der Waals surface area (Å²) in [4.78, 5) is 20.1. The second-order valence-electron chi connectivity index (χ2n) is 1.24. The van der Waals surface area contributed by atoms with Gasteiger partial charge in [0.2, 0.25) is 0 Å². The highest BCUT2D eigenvalue weighted by Crippen LogP contribution is 2.17. The lowest BCUT2D eigenvalue weighted by Crippen LogP contribution is -2.02. The molecular formula is C4H2Br2O4. The minimum Gasteiger partial charge on any atom is -0.477 e. The highest BCUT2D eigenvalue weighted by atomic mass is 79.9. The number of rotatable bonds is 2. The quantitative estimate of drug-likeness (QED) is 0.741. The second-order valence-corrected chi connectivity index (χ2v) is 2.82. The summed E-state index contributed by atoms with van der Waals surface area (Å²) in [5.41, 5.74) is 0. The van der Waals surface area contributed by atoms with Gasteiger partial charge in [-0.2, -0.15) is 0 Å². The fraction of sp³-hybridized carbons (Fsp3) is 0. The minimum absolute atomic E-state index is 0.403. The van der Waals surface area contributed by atoms with Gasteiger partial charge in [0, 0.05) is 0 Å². The van der Waals surface area contributed by atoms with E-state index in [0.29, 0.717) is 0 Å². The Morgan fingerprint density at radius 1 is 0.900 bits per heavy atom. The van der Waals surface area contributed by atoms with Crippen molar-refractivity contribution >= 4 is 43.8 Å². The van der Waals surface area contributed by atoms with Crippen LogP contribution in [-0.2, 0) is 9.59 Å². The lowest BCUT2D eigenvalue weighted by Gasteiger charge is -1.91. The van der Waals surface area contributed by atoms with Gasteiger partial charge in [-0.3, -0.25) is 0 Å². The lowest BCUT2D eigenvalue weighted by molar-refractivity contribution is -0.134. The molecule has 0 heterocycles. The van der Waals surface area contributed by atoms with E-state index in [-0.39, 0.29) is 0 Å². The van der Waals surface area contributed by atoms with Crippen LogP contribution in [-0.4, -0.2) is 22.2 Å². The first-order valence-corrected chi connectivity index (χ1v) is 3.57. The average Bonchev–Trinajstić information content (AvgIpc) is 1.84. The molecule has 0 aliphatic rings. The maximum absolute atomic E-state index is 10.0. The molecule has 0 spiro atoms. The number of carbonyl (C=O) groups is 2. The average molecular weight is 274 g/mol. The van der Waals surface area contributed by atoms with Gasteiger partial charge < -0.3 is 10.2 Å². The topological polar surface area (TPSA) is 74.6 Å². The molecule has 0 rings (SSSR count). The van der Waals surface area contributed by atoms with Gasteiger partial charge in [-0.15, -0.1) is 0 Å². The molecule has 0 aliphatic carbocycles. The molecular weight excluding hydrogens is 272 g/mol. The Morgan fingerprint density at radius 2 is 1.10 bits per heavy atom. The molecule has 0 bridgehead atoms. The molecule has 0 atom stereocenters. The van der Waals surface area contributed by atoms with E-state index in [4.69, 9.17) is 10.2 Å². The predicted molar refractivity (Wildman–Crippen MR) is 40.2 cm³/mol. The number of halogens is 2. The van der Waals surface area contributed by atoms with Crippen LogP contribution in [0.3, 0.4) is 0 Å². The Labute approximate surface area is 72.8 Å². The Morgan fingerprint density at radius 3 is 1.20 bits per heavy atom. The summed E-state index contributed by atoms with van der Waals surface area (Å²) in [5.74, 6) is -2.65. The van der Waals surface area contributed by atoms with Crippen molar-refractivity contribution in [3.05, 3.63) is 8.96 Å². The molecule has 6 heteroatoms. The van der Waals surface area contributed by atoms with Gasteiger partial charge in [-0.1, -0.05) is 0 Å². The van der Waals surface area contributed by atoms with Crippen molar-refractivity contribution in [2.24, 2.45) is 0 Å². The summed E-state index contributed by atoms with van der Waals surface area (Å²) in [6, 6.07) is 0. The molecule has 10 heavy (non-hydrogen) atoms. The highest BCUT2D eigenvalue weighted by molar-refractivity contribution is 9.14. The molecule has 0 fully saturated rings. The van der Waals surface area contributed by atoms with E-state index >= 15 is 0 Å². The third-order valence-corrected chi connectivity index (χ3v) is 2.57. The molecule has 0 aromatic heterocycles. The molecule has 0 saturated heterocycles. The summed E-state index contributed by atoms with van der Waals surface area (Å²) >= 11 is 5.12. The predicted octanol–water partition coefficient (Wildman–Crippen LogP) is 1.16. The largest absolute Gasteiger partial charge is 0.477 e. The number of aliphatic carboxylic acids is 2. The van der Waals surface area contributed by atoms with Gasteiger partial charge in [0.15, 0.2) is 0 Å². The lowest BCUT2D eigenvalue weighted by atomic mass is 10.5. The van der Waals surface area contributed by atoms with Gasteiger partial charge in [0.1, 0.15) is 8.96 Å². The highest BCUT2D eigenvalue weighted by Gasteiger charge is 2.13. The normalized spacial score (nSPS) is 12.2. The standard InChI is InChI=1S/C4H2Br2O4/c5-1(3(7)8)2(6)4(9)10/h(H,7,8)(H,9,10). The number of carboxylic acid groups (broad SMARTS) is 2. The van der Waals surface area contributed by atoms with Crippen LogP contribution >= 0.6 is 31.9 Å². The first-order chi connectivity index (χ1) is 4.46. The maximum atomic E-state index is 10.0. The molecule has 0 aliphatic heterocycles. The Balaban J connectivity index is 4.67. The van der Waals surface area contributed by atoms with E-state index in [9.17, 15) is 9.59 Å². The van der Waals surface area contributed by atoms with Crippen LogP contribution in [0.1, 0.15) is 0 Å². The Bertz CT molecular complexity index is 185. The van der Waals surface area contributed by atoms with E-state index in [2.05, 4.69) is 31.9 Å². The van der Waals surface area contributed by atoms with Crippen molar-refractivity contribution in [2.45, 2.75) is 0 Å². The second kappa shape index (κ2) is 3.72. The van der Waals surface area contributed by atoms with Gasteiger partial charge in [0.25, 0.3) is 0 Å². The summed E-state index contributed by atoms with van der Waals surface area (Å²) in [5, 5.41) is 16.4. The fourth-order valence-electron chi connectivity index (χ4n) is 0.188. The zero-order valence-corrected chi connectivity index (χ0v) is 7.64. The van der Waals surface area contributed by atoms with Crippen molar-refractivity contribution < 1.29 is 19.8 Å². The van der Waals surface area contributed by atoms with Crippen LogP contribution in [0, 0.1) is 0 Å². The van der Waals surface area contributed by atoms with Crippen LogP contribution in [0.4, 0.5) is 0 Å². The number of carboxylic acids is 2. The summed E-state index contributed by atoms with van der Waals surface area (Å²) in [6.45, 7) is 0. The molecule has 0 unspecified atom stereocenters. The monoisotopic (exact) mass is 272 g/mol. The van der Waals surface area contributed by atoms with Crippen LogP contribution < -0.4 is 0 Å². The molecule has 0 radical (unpaired) electrons. The molecule has 4 nitrogen and oxygen atoms in total. The molecule has 2 N–H and O–H groups in total. The minimum atomic E-state index is -1.32. The maximum Gasteiger partial charge on any atom is 0.344 e. The number of hydrogen-bond donors (Lipinski definition) is 2. The van der Waals surface area contributed by atoms with Gasteiger partial charge in [-0.05, 0) is 31.9 Å². The Kier molecular flexibility index (Phi) is 3.59. The third-order valence-electron chi connectivity index (χ3n) is 0.568. The van der Waals surface area contributed by atoms with Crippen LogP contribution in [0.25, 0.3) is 0 Å². The zero-order chi connectivity index (χ0) is 8.31. The van der Waals surface area contributed by atoms with E-state index in [1.54, 1.807) is 0 Å². The fourth-order valence-corrected chi connectivity index (χ4v) is 0.527. The SMILES string of the molecule is O=C(O)C(Br)=C(Br)C(=O)O. The van der Waals surface area contributed by atoms with Crippen molar-refractivity contribution in [1.82, 2.24) is 0 Å². The van der Waals surface area contributed by atoms with Crippen molar-refractivity contribution in [2.75, 3.05) is 0 Å². The van der Waals surface area contributed by atoms with Crippen molar-refractivity contribution in [1.29, 1.82) is 0 Å². The zero-order valence-electron chi connectivity index (χ0n) is 4.47. The van der Waals surface area contributed by atoms with Crippen LogP contribution in [0.2, 0.25) is 0 Å². The van der Waals surface area contributed by atoms with E-state index in [1.807, 2.05) is 0 Å². The van der Waals surface area contributed by atoms with E-state index in [1.165, 1.54) is 0 Å². The summed E-state index contributed by atoms with van der Waals surface area (Å²) in [7, 11) is 0. The first-order valence-electron chi connectivity index (χ1n) is 1.98. The van der Waals surface area contributed by atoms with Crippen molar-refractivity contribution in [3.8, 4) is 0 Å². The van der Waals surface area contributed by atoms with E-state index < -0.39 is 20.9 Å². The molecule has 0 aromatic rings. The van der Waals surface area contributed by atoms with Gasteiger partial charge in [-0.25, -0.2) is 9.59 Å². The summed E-state index contributed by atoms with van der Waals surface area (Å²) in [6.07, 6.45) is 0. The van der Waals surface area contributed by atoms with Gasteiger partial charge in [0.05, 0.1) is 0 Å². The smallest absolute Gasteiger partial charge is 0.344 e. The molecule has 56 valence electrons. The van der Waals surface area contributed by atoms with Crippen LogP contribution in [0.5, 0.6) is 0 Å². The first kappa shape index (κ1) is 9.64. The third kappa shape index (κ3) is 2.49. The number of hydrogen-bond acceptors (Lipinski definition) is 2. The molecule has 0 saturated carbocycles. The summed E-state index contributed by atoms with van der Waals surface area (Å²) < 4.78 is -0.806. The van der Waals surface area contributed by atoms with Crippen LogP contribution in [0.15, 0.2) is 8.96 Å². The van der Waals surface area contributed by atoms with E-state index in [0.717, 1.165) is 0 Å². The Hall–Kier alpha value is -0.360. The molecule has 0 aromatic carbocycles.